The molecule has 1 aromatic rings. The summed E-state index contributed by atoms with van der Waals surface area (Å²) in [6.07, 6.45) is 5.88. The van der Waals surface area contributed by atoms with Gasteiger partial charge in [-0.1, -0.05) is 36.8 Å². The van der Waals surface area contributed by atoms with Crippen LogP contribution < -0.4 is 5.32 Å². The lowest BCUT2D eigenvalue weighted by molar-refractivity contribution is 0.139. The van der Waals surface area contributed by atoms with E-state index in [0.29, 0.717) is 13.2 Å². The first-order chi connectivity index (χ1) is 10.3. The Morgan fingerprint density at radius 2 is 1.86 bits per heavy atom. The molecule has 4 heteroatoms. The van der Waals surface area contributed by atoms with Crippen molar-refractivity contribution in [3.8, 4) is 0 Å². The van der Waals surface area contributed by atoms with Crippen LogP contribution >= 0.6 is 0 Å². The van der Waals surface area contributed by atoms with Gasteiger partial charge in [0.2, 0.25) is 0 Å². The van der Waals surface area contributed by atoms with Crippen LogP contribution in [0.3, 0.4) is 0 Å². The summed E-state index contributed by atoms with van der Waals surface area (Å²) in [5, 5.41) is 2.81. The van der Waals surface area contributed by atoms with Crippen molar-refractivity contribution in [3.05, 3.63) is 35.9 Å². The molecule has 1 heterocycles. The van der Waals surface area contributed by atoms with Crippen molar-refractivity contribution < 1.29 is 9.53 Å². The lowest BCUT2D eigenvalue weighted by atomic mass is 10.1. The topological polar surface area (TPSA) is 41.6 Å². The summed E-state index contributed by atoms with van der Waals surface area (Å²) in [5.74, 6) is 0. The van der Waals surface area contributed by atoms with Crippen LogP contribution in [-0.4, -0.2) is 37.2 Å². The maximum Gasteiger partial charge on any atom is 0.407 e. The molecule has 0 aromatic heterocycles. The van der Waals surface area contributed by atoms with Crippen LogP contribution in [0, 0.1) is 0 Å². The number of ether oxygens (including phenoxy) is 1. The van der Waals surface area contributed by atoms with Gasteiger partial charge >= 0.3 is 6.09 Å². The van der Waals surface area contributed by atoms with Crippen LogP contribution in [0.15, 0.2) is 30.3 Å². The molecule has 2 rings (SSSR count). The molecule has 4 nitrogen and oxygen atoms in total. The third kappa shape index (κ3) is 6.63. The molecule has 21 heavy (non-hydrogen) atoms. The molecule has 0 unspecified atom stereocenters. The summed E-state index contributed by atoms with van der Waals surface area (Å²) in [6.45, 7) is 4.67. The SMILES string of the molecule is O=C(NCCCCN1CCCCC1)OCc1ccccc1. The average Bonchev–Trinajstić information content (AvgIpc) is 2.54. The van der Waals surface area contributed by atoms with Gasteiger partial charge < -0.3 is 15.0 Å². The van der Waals surface area contributed by atoms with Crippen molar-refractivity contribution in [3.63, 3.8) is 0 Å². The molecule has 1 fully saturated rings. The number of alkyl carbamates (subject to hydrolysis) is 1. The summed E-state index contributed by atoms with van der Waals surface area (Å²) in [4.78, 5) is 14.1. The van der Waals surface area contributed by atoms with Gasteiger partial charge in [-0.05, 0) is 50.9 Å². The quantitative estimate of drug-likeness (QED) is 0.784. The number of carbonyl (C=O) groups excluding carboxylic acids is 1. The lowest BCUT2D eigenvalue weighted by Gasteiger charge is -2.26. The van der Waals surface area contributed by atoms with E-state index < -0.39 is 0 Å². The fourth-order valence-corrected chi connectivity index (χ4v) is 2.61. The Morgan fingerprint density at radius 3 is 2.62 bits per heavy atom. The van der Waals surface area contributed by atoms with E-state index in [4.69, 9.17) is 4.74 Å². The molecule has 1 amide bonds. The van der Waals surface area contributed by atoms with E-state index in [-0.39, 0.29) is 6.09 Å². The molecule has 0 radical (unpaired) electrons. The highest BCUT2D eigenvalue weighted by Crippen LogP contribution is 2.09. The molecule has 1 aliphatic heterocycles. The van der Waals surface area contributed by atoms with Gasteiger partial charge in [-0.3, -0.25) is 0 Å². The van der Waals surface area contributed by atoms with Crippen molar-refractivity contribution in [2.45, 2.75) is 38.7 Å². The number of carbonyl (C=O) groups is 1. The van der Waals surface area contributed by atoms with Gasteiger partial charge in [-0.2, -0.15) is 0 Å². The largest absolute Gasteiger partial charge is 0.445 e. The van der Waals surface area contributed by atoms with Crippen molar-refractivity contribution in [2.75, 3.05) is 26.2 Å². The smallest absolute Gasteiger partial charge is 0.407 e. The highest BCUT2D eigenvalue weighted by molar-refractivity contribution is 5.67. The van der Waals surface area contributed by atoms with E-state index in [1.165, 1.54) is 32.4 Å². The number of nitrogens with one attached hydrogen (secondary N) is 1. The van der Waals surface area contributed by atoms with Crippen molar-refractivity contribution in [1.82, 2.24) is 10.2 Å². The maximum atomic E-state index is 11.5. The number of hydrogen-bond acceptors (Lipinski definition) is 3. The molecule has 1 saturated heterocycles. The highest BCUT2D eigenvalue weighted by atomic mass is 16.5. The fraction of sp³-hybridized carbons (Fsp3) is 0.588. The lowest BCUT2D eigenvalue weighted by Crippen LogP contribution is -2.31. The van der Waals surface area contributed by atoms with Crippen molar-refractivity contribution in [2.24, 2.45) is 0 Å². The Morgan fingerprint density at radius 1 is 1.10 bits per heavy atom. The number of unbranched alkanes of at least 4 members (excludes halogenated alkanes) is 1. The number of rotatable bonds is 7. The summed E-state index contributed by atoms with van der Waals surface area (Å²) in [6, 6.07) is 9.73. The summed E-state index contributed by atoms with van der Waals surface area (Å²) in [5.41, 5.74) is 1.01. The molecule has 1 aliphatic rings. The van der Waals surface area contributed by atoms with E-state index in [0.717, 1.165) is 24.9 Å². The third-order valence-electron chi connectivity index (χ3n) is 3.83. The minimum Gasteiger partial charge on any atom is -0.445 e. The minimum absolute atomic E-state index is 0.322. The van der Waals surface area contributed by atoms with Crippen LogP contribution in [0.25, 0.3) is 0 Å². The molecule has 1 N–H and O–H groups in total. The Bertz CT molecular complexity index is 403. The summed E-state index contributed by atoms with van der Waals surface area (Å²) < 4.78 is 5.16. The van der Waals surface area contributed by atoms with Gasteiger partial charge in [0.05, 0.1) is 0 Å². The monoisotopic (exact) mass is 290 g/mol. The van der Waals surface area contributed by atoms with Crippen molar-refractivity contribution in [1.29, 1.82) is 0 Å². The number of hydrogen-bond donors (Lipinski definition) is 1. The maximum absolute atomic E-state index is 11.5. The first-order valence-corrected chi connectivity index (χ1v) is 8.01. The van der Waals surface area contributed by atoms with Gasteiger partial charge in [-0.15, -0.1) is 0 Å². The second-order valence-electron chi connectivity index (χ2n) is 5.60. The first-order valence-electron chi connectivity index (χ1n) is 8.01. The molecule has 116 valence electrons. The zero-order valence-electron chi connectivity index (χ0n) is 12.7. The van der Waals surface area contributed by atoms with Crippen LogP contribution in [0.2, 0.25) is 0 Å². The first kappa shape index (κ1) is 15.8. The molecular formula is C17H26N2O2. The van der Waals surface area contributed by atoms with Crippen LogP contribution in [0.5, 0.6) is 0 Å². The second kappa shape index (κ2) is 9.40. The predicted octanol–water partition coefficient (Wildman–Crippen LogP) is 3.18. The van der Waals surface area contributed by atoms with E-state index in [1.807, 2.05) is 30.3 Å². The number of nitrogens with zero attached hydrogens (tertiary/aromatic N) is 1. The molecule has 0 saturated carbocycles. The highest BCUT2D eigenvalue weighted by Gasteiger charge is 2.09. The normalized spacial score (nSPS) is 15.6. The molecule has 0 bridgehead atoms. The number of piperidine rings is 1. The Labute approximate surface area is 127 Å². The van der Waals surface area contributed by atoms with Crippen molar-refractivity contribution >= 4 is 6.09 Å². The van der Waals surface area contributed by atoms with E-state index in [2.05, 4.69) is 10.2 Å². The van der Waals surface area contributed by atoms with Gasteiger partial charge in [0.1, 0.15) is 6.61 Å². The summed E-state index contributed by atoms with van der Waals surface area (Å²) in [7, 11) is 0. The zero-order valence-corrected chi connectivity index (χ0v) is 12.7. The van der Waals surface area contributed by atoms with Crippen LogP contribution in [-0.2, 0) is 11.3 Å². The second-order valence-corrected chi connectivity index (χ2v) is 5.60. The zero-order chi connectivity index (χ0) is 14.8. The Hall–Kier alpha value is -1.55. The van der Waals surface area contributed by atoms with Crippen LogP contribution in [0.1, 0.15) is 37.7 Å². The third-order valence-corrected chi connectivity index (χ3v) is 3.83. The van der Waals surface area contributed by atoms with E-state index in [1.54, 1.807) is 0 Å². The predicted molar refractivity (Wildman–Crippen MR) is 84.2 cm³/mol. The Balaban J connectivity index is 1.47. The van der Waals surface area contributed by atoms with E-state index >= 15 is 0 Å². The molecule has 1 aromatic carbocycles. The minimum atomic E-state index is -0.322. The van der Waals surface area contributed by atoms with Gasteiger partial charge in [0.15, 0.2) is 0 Å². The molecule has 0 aliphatic carbocycles. The van der Waals surface area contributed by atoms with Gasteiger partial charge in [-0.25, -0.2) is 4.79 Å². The average molecular weight is 290 g/mol. The summed E-state index contributed by atoms with van der Waals surface area (Å²) >= 11 is 0. The van der Waals surface area contributed by atoms with E-state index in [9.17, 15) is 4.79 Å². The fourth-order valence-electron chi connectivity index (χ4n) is 2.61. The molecule has 0 spiro atoms. The van der Waals surface area contributed by atoms with Gasteiger partial charge in [0.25, 0.3) is 0 Å². The standard InChI is InChI=1S/C17H26N2O2/c20-17(21-15-16-9-3-1-4-10-16)18-11-5-8-14-19-12-6-2-7-13-19/h1,3-4,9-10H,2,5-8,11-15H2,(H,18,20). The molecular weight excluding hydrogens is 264 g/mol. The number of benzene rings is 1. The number of amides is 1. The van der Waals surface area contributed by atoms with Gasteiger partial charge in [0, 0.05) is 6.54 Å². The number of likely N-dealkylation sites (tertiary alicyclic amines) is 1. The Kier molecular flexibility index (Phi) is 7.08. The van der Waals surface area contributed by atoms with Crippen LogP contribution in [0.4, 0.5) is 4.79 Å². The molecule has 0 atom stereocenters.